The van der Waals surface area contributed by atoms with E-state index in [1.165, 1.54) is 36.8 Å². The van der Waals surface area contributed by atoms with Crippen LogP contribution in [0.25, 0.3) is 0 Å². The van der Waals surface area contributed by atoms with Crippen LogP contribution in [0.3, 0.4) is 0 Å². The lowest BCUT2D eigenvalue weighted by Crippen LogP contribution is -2.08. The van der Waals surface area contributed by atoms with Crippen LogP contribution in [0.2, 0.25) is 0 Å². The third-order valence-electron chi connectivity index (χ3n) is 4.18. The molecule has 0 spiro atoms. The van der Waals surface area contributed by atoms with Crippen LogP contribution in [-0.2, 0) is 12.8 Å². The zero-order valence-electron chi connectivity index (χ0n) is 12.7. The Kier molecular flexibility index (Phi) is 7.08. The van der Waals surface area contributed by atoms with Gasteiger partial charge in [0.1, 0.15) is 0 Å². The van der Waals surface area contributed by atoms with Crippen LogP contribution >= 0.6 is 0 Å². The summed E-state index contributed by atoms with van der Waals surface area (Å²) in [6, 6.07) is 8.63. The van der Waals surface area contributed by atoms with Crippen LogP contribution in [0.4, 0.5) is 0 Å². The Morgan fingerprint density at radius 3 is 1.39 bits per heavy atom. The fourth-order valence-electron chi connectivity index (χ4n) is 2.67. The normalized spacial score (nSPS) is 23.1. The smallest absolute Gasteiger partial charge is 0.0305 e. The van der Waals surface area contributed by atoms with Gasteiger partial charge in [-0.1, -0.05) is 77.6 Å². The molecule has 0 nitrogen and oxygen atoms in total. The summed E-state index contributed by atoms with van der Waals surface area (Å²) < 4.78 is 0. The van der Waals surface area contributed by atoms with Crippen molar-refractivity contribution in [1.29, 1.82) is 0 Å². The van der Waals surface area contributed by atoms with E-state index in [9.17, 15) is 0 Å². The minimum atomic E-state index is 1.02. The molecule has 0 aliphatic heterocycles. The van der Waals surface area contributed by atoms with Gasteiger partial charge in [0.05, 0.1) is 0 Å². The molecule has 0 heterocycles. The Bertz CT molecular complexity index is 286. The predicted molar refractivity (Wildman–Crippen MR) is 82.0 cm³/mol. The number of benzene rings is 1. The molecule has 0 aromatic heterocycles. The Morgan fingerprint density at radius 2 is 1.11 bits per heavy atom. The summed E-state index contributed by atoms with van der Waals surface area (Å²) in [4.78, 5) is 0. The van der Waals surface area contributed by atoms with Crippen LogP contribution < -0.4 is 0 Å². The maximum absolute atomic E-state index is 2.37. The fraction of sp³-hybridized carbons (Fsp3) is 0.667. The van der Waals surface area contributed by atoms with Crippen molar-refractivity contribution < 1.29 is 0 Å². The third-order valence-corrected chi connectivity index (χ3v) is 4.18. The molecule has 18 heavy (non-hydrogen) atoms. The molecule has 0 radical (unpaired) electrons. The van der Waals surface area contributed by atoms with Gasteiger partial charge >= 0.3 is 0 Å². The first-order valence-electron chi connectivity index (χ1n) is 7.74. The molecular formula is C18H30. The lowest BCUT2D eigenvalue weighted by atomic mass is 9.84. The zero-order chi connectivity index (χ0) is 13.4. The molecule has 0 atom stereocenters. The molecule has 1 aliphatic rings. The van der Waals surface area contributed by atoms with E-state index in [0.717, 1.165) is 24.7 Å². The van der Waals surface area contributed by atoms with E-state index in [-0.39, 0.29) is 0 Å². The Labute approximate surface area is 114 Å². The number of rotatable bonds is 2. The van der Waals surface area contributed by atoms with Crippen molar-refractivity contribution in [2.24, 2.45) is 11.8 Å². The highest BCUT2D eigenvalue weighted by Crippen LogP contribution is 2.27. The van der Waals surface area contributed by atoms with Gasteiger partial charge < -0.3 is 0 Å². The molecule has 0 saturated heterocycles. The molecule has 1 aromatic rings. The monoisotopic (exact) mass is 246 g/mol. The average molecular weight is 246 g/mol. The van der Waals surface area contributed by atoms with E-state index >= 15 is 0 Å². The van der Waals surface area contributed by atoms with Crippen LogP contribution in [0.5, 0.6) is 0 Å². The summed E-state index contributed by atoms with van der Waals surface area (Å²) in [5.74, 6) is 2.04. The lowest BCUT2D eigenvalue weighted by molar-refractivity contribution is 0.308. The highest BCUT2D eigenvalue weighted by atomic mass is 14.2. The predicted octanol–water partition coefficient (Wildman–Crippen LogP) is 5.64. The van der Waals surface area contributed by atoms with Crippen molar-refractivity contribution in [3.05, 3.63) is 35.4 Å². The molecule has 1 saturated carbocycles. The second kappa shape index (κ2) is 8.34. The van der Waals surface area contributed by atoms with Crippen molar-refractivity contribution in [1.82, 2.24) is 0 Å². The first-order valence-corrected chi connectivity index (χ1v) is 7.74. The highest BCUT2D eigenvalue weighted by Gasteiger charge is 2.13. The maximum Gasteiger partial charge on any atom is -0.0305 e. The minimum Gasteiger partial charge on any atom is -0.0625 e. The summed E-state index contributed by atoms with van der Waals surface area (Å²) in [6.45, 7) is 9.14. The lowest BCUT2D eigenvalue weighted by Gasteiger charge is -2.22. The van der Waals surface area contributed by atoms with E-state index in [1.807, 2.05) is 0 Å². The molecule has 2 rings (SSSR count). The van der Waals surface area contributed by atoms with Gasteiger partial charge in [-0.05, 0) is 35.8 Å². The minimum absolute atomic E-state index is 1.02. The number of hydrogen-bond acceptors (Lipinski definition) is 0. The molecular weight excluding hydrogens is 216 g/mol. The molecule has 0 amide bonds. The summed E-state index contributed by atoms with van der Waals surface area (Å²) in [5, 5.41) is 0. The molecule has 1 aliphatic carbocycles. The summed E-state index contributed by atoms with van der Waals surface area (Å²) in [5.41, 5.74) is 2.98. The molecule has 0 unspecified atom stereocenters. The molecule has 1 fully saturated rings. The zero-order valence-corrected chi connectivity index (χ0v) is 12.7. The topological polar surface area (TPSA) is 0 Å². The third kappa shape index (κ3) is 5.25. The summed E-state index contributed by atoms with van der Waals surface area (Å²) >= 11 is 0. The Balaban J connectivity index is 0.000000184. The van der Waals surface area contributed by atoms with Crippen molar-refractivity contribution in [2.45, 2.75) is 66.2 Å². The van der Waals surface area contributed by atoms with E-state index < -0.39 is 0 Å². The van der Waals surface area contributed by atoms with Crippen LogP contribution in [0, 0.1) is 11.8 Å². The van der Waals surface area contributed by atoms with Crippen molar-refractivity contribution in [3.8, 4) is 0 Å². The highest BCUT2D eigenvalue weighted by molar-refractivity contribution is 5.26. The Hall–Kier alpha value is -0.780. The average Bonchev–Trinajstić information content (AvgIpc) is 2.42. The van der Waals surface area contributed by atoms with Gasteiger partial charge in [-0.3, -0.25) is 0 Å². The molecule has 0 bridgehead atoms. The van der Waals surface area contributed by atoms with Crippen molar-refractivity contribution in [3.63, 3.8) is 0 Å². The van der Waals surface area contributed by atoms with Gasteiger partial charge in [0, 0.05) is 0 Å². The first-order chi connectivity index (χ1) is 8.67. The van der Waals surface area contributed by atoms with Crippen molar-refractivity contribution in [2.75, 3.05) is 0 Å². The second-order valence-corrected chi connectivity index (χ2v) is 5.84. The summed E-state index contributed by atoms with van der Waals surface area (Å²) in [7, 11) is 0. The van der Waals surface area contributed by atoms with E-state index in [1.54, 1.807) is 0 Å². The first kappa shape index (κ1) is 15.3. The number of hydrogen-bond donors (Lipinski definition) is 0. The molecule has 102 valence electrons. The largest absolute Gasteiger partial charge is 0.0625 e. The quantitative estimate of drug-likeness (QED) is 0.633. The van der Waals surface area contributed by atoms with Crippen molar-refractivity contribution >= 4 is 0 Å². The van der Waals surface area contributed by atoms with Gasteiger partial charge in [0.25, 0.3) is 0 Å². The van der Waals surface area contributed by atoms with Gasteiger partial charge in [-0.15, -0.1) is 0 Å². The Morgan fingerprint density at radius 1 is 0.778 bits per heavy atom. The molecule has 1 aromatic carbocycles. The fourth-order valence-corrected chi connectivity index (χ4v) is 2.67. The maximum atomic E-state index is 2.37. The molecule has 0 heteroatoms. The van der Waals surface area contributed by atoms with E-state index in [4.69, 9.17) is 0 Å². The standard InChI is InChI=1S/C10H14.C8H16/c1-3-9-7-5-6-8-10(9)4-2;1-7-3-5-8(2)6-4-7/h5-8H,3-4H2,1-2H3;7-8H,3-6H2,1-2H3. The van der Waals surface area contributed by atoms with Gasteiger partial charge in [-0.25, -0.2) is 0 Å². The summed E-state index contributed by atoms with van der Waals surface area (Å²) in [6.07, 6.45) is 8.21. The van der Waals surface area contributed by atoms with Gasteiger partial charge in [0.2, 0.25) is 0 Å². The van der Waals surface area contributed by atoms with Crippen LogP contribution in [0.15, 0.2) is 24.3 Å². The van der Waals surface area contributed by atoms with E-state index in [0.29, 0.717) is 0 Å². The van der Waals surface area contributed by atoms with Crippen LogP contribution in [-0.4, -0.2) is 0 Å². The van der Waals surface area contributed by atoms with E-state index in [2.05, 4.69) is 52.0 Å². The SMILES string of the molecule is CC1CCC(C)CC1.CCc1ccccc1CC. The number of aryl methyl sites for hydroxylation is 2. The molecule has 0 N–H and O–H groups in total. The van der Waals surface area contributed by atoms with Gasteiger partial charge in [0.15, 0.2) is 0 Å². The van der Waals surface area contributed by atoms with Gasteiger partial charge in [-0.2, -0.15) is 0 Å². The second-order valence-electron chi connectivity index (χ2n) is 5.84. The van der Waals surface area contributed by atoms with Crippen LogP contribution in [0.1, 0.15) is 64.5 Å².